The Bertz CT molecular complexity index is 376. The van der Waals surface area contributed by atoms with Gasteiger partial charge in [0.25, 0.3) is 0 Å². The molecule has 2 unspecified atom stereocenters. The van der Waals surface area contributed by atoms with Crippen molar-refractivity contribution in [2.24, 2.45) is 11.1 Å². The first-order valence-corrected chi connectivity index (χ1v) is 5.82. The standard InChI is InChI=1S/C11H13BrClN/c1-11(2)9(10(11)14)6-3-4-8(13)7(12)5-6/h3-5,9-10H,14H2,1-2H3. The predicted octanol–water partition coefficient (Wildman–Crippen LogP) is 3.55. The van der Waals surface area contributed by atoms with E-state index in [4.69, 9.17) is 17.3 Å². The quantitative estimate of drug-likeness (QED) is 0.833. The number of hydrogen-bond acceptors (Lipinski definition) is 1. The third-order valence-corrected chi connectivity index (χ3v) is 4.43. The Kier molecular flexibility index (Phi) is 2.41. The number of rotatable bonds is 1. The fourth-order valence-corrected chi connectivity index (χ4v) is 2.53. The highest BCUT2D eigenvalue weighted by Gasteiger charge is 2.56. The normalized spacial score (nSPS) is 28.9. The van der Waals surface area contributed by atoms with Gasteiger partial charge < -0.3 is 5.73 Å². The molecule has 1 aliphatic carbocycles. The summed E-state index contributed by atoms with van der Waals surface area (Å²) in [7, 11) is 0. The maximum atomic E-state index is 6.02. The first-order valence-electron chi connectivity index (χ1n) is 4.65. The number of halogens is 2. The second-order valence-corrected chi connectivity index (χ2v) is 5.76. The Balaban J connectivity index is 2.32. The summed E-state index contributed by atoms with van der Waals surface area (Å²) in [5.74, 6) is 0.469. The predicted molar refractivity (Wildman–Crippen MR) is 63.6 cm³/mol. The molecule has 2 N–H and O–H groups in total. The van der Waals surface area contributed by atoms with E-state index in [1.807, 2.05) is 6.07 Å². The monoisotopic (exact) mass is 273 g/mol. The number of hydrogen-bond donors (Lipinski definition) is 1. The van der Waals surface area contributed by atoms with Gasteiger partial charge in [-0.25, -0.2) is 0 Å². The van der Waals surface area contributed by atoms with E-state index in [2.05, 4.69) is 41.9 Å². The van der Waals surface area contributed by atoms with Crippen LogP contribution >= 0.6 is 27.5 Å². The third kappa shape index (κ3) is 1.50. The van der Waals surface area contributed by atoms with Gasteiger partial charge in [-0.2, -0.15) is 0 Å². The van der Waals surface area contributed by atoms with Crippen LogP contribution in [0.25, 0.3) is 0 Å². The van der Waals surface area contributed by atoms with Crippen LogP contribution in [0.2, 0.25) is 5.02 Å². The summed E-state index contributed by atoms with van der Waals surface area (Å²) in [4.78, 5) is 0. The molecule has 0 radical (unpaired) electrons. The van der Waals surface area contributed by atoms with Crippen molar-refractivity contribution in [2.45, 2.75) is 25.8 Å². The number of benzene rings is 1. The van der Waals surface area contributed by atoms with Crippen LogP contribution in [0.3, 0.4) is 0 Å². The maximum absolute atomic E-state index is 6.02. The molecule has 3 heteroatoms. The van der Waals surface area contributed by atoms with Crippen LogP contribution in [0.4, 0.5) is 0 Å². The first-order chi connectivity index (χ1) is 6.44. The van der Waals surface area contributed by atoms with E-state index in [0.29, 0.717) is 5.92 Å². The zero-order valence-electron chi connectivity index (χ0n) is 8.22. The minimum Gasteiger partial charge on any atom is -0.327 e. The van der Waals surface area contributed by atoms with Crippen LogP contribution in [0.5, 0.6) is 0 Å². The van der Waals surface area contributed by atoms with Crippen molar-refractivity contribution in [2.75, 3.05) is 0 Å². The van der Waals surface area contributed by atoms with E-state index in [0.717, 1.165) is 9.50 Å². The zero-order chi connectivity index (χ0) is 10.5. The van der Waals surface area contributed by atoms with Crippen molar-refractivity contribution in [3.05, 3.63) is 33.3 Å². The molecule has 0 amide bonds. The van der Waals surface area contributed by atoms with E-state index < -0.39 is 0 Å². The van der Waals surface area contributed by atoms with Crippen LogP contribution in [0.15, 0.2) is 22.7 Å². The molecule has 2 rings (SSSR count). The molecule has 76 valence electrons. The Morgan fingerprint density at radius 1 is 1.43 bits per heavy atom. The van der Waals surface area contributed by atoms with E-state index in [1.165, 1.54) is 5.56 Å². The summed E-state index contributed by atoms with van der Waals surface area (Å²) in [5.41, 5.74) is 7.52. The lowest BCUT2D eigenvalue weighted by molar-refractivity contribution is 0.599. The summed E-state index contributed by atoms with van der Waals surface area (Å²) >= 11 is 9.36. The van der Waals surface area contributed by atoms with E-state index in [9.17, 15) is 0 Å². The Morgan fingerprint density at radius 2 is 2.00 bits per heavy atom. The molecule has 0 saturated heterocycles. The Morgan fingerprint density at radius 3 is 2.43 bits per heavy atom. The van der Waals surface area contributed by atoms with Gasteiger partial charge in [0.1, 0.15) is 0 Å². The molecule has 0 heterocycles. The van der Waals surface area contributed by atoms with Crippen molar-refractivity contribution < 1.29 is 0 Å². The molecule has 0 bridgehead atoms. The van der Waals surface area contributed by atoms with Gasteiger partial charge in [0.15, 0.2) is 0 Å². The van der Waals surface area contributed by atoms with Gasteiger partial charge in [0.2, 0.25) is 0 Å². The lowest BCUT2D eigenvalue weighted by Crippen LogP contribution is -2.06. The average molecular weight is 275 g/mol. The van der Waals surface area contributed by atoms with Crippen LogP contribution in [-0.4, -0.2) is 6.04 Å². The van der Waals surface area contributed by atoms with Gasteiger partial charge in [-0.15, -0.1) is 0 Å². The summed E-state index contributed by atoms with van der Waals surface area (Å²) in [5, 5.41) is 0.751. The molecule has 2 atom stereocenters. The van der Waals surface area contributed by atoms with Crippen molar-refractivity contribution in [1.29, 1.82) is 0 Å². The Labute approximate surface area is 97.8 Å². The molecule has 0 spiro atoms. The first kappa shape index (κ1) is 10.5. The fourth-order valence-electron chi connectivity index (χ4n) is 2.02. The highest BCUT2D eigenvalue weighted by Crippen LogP contribution is 2.57. The molecule has 1 saturated carbocycles. The summed E-state index contributed by atoms with van der Waals surface area (Å²) in [6, 6.07) is 6.33. The number of nitrogens with two attached hydrogens (primary N) is 1. The molecule has 1 nitrogen and oxygen atoms in total. The van der Waals surface area contributed by atoms with Gasteiger partial charge >= 0.3 is 0 Å². The van der Waals surface area contributed by atoms with Crippen LogP contribution in [-0.2, 0) is 0 Å². The second kappa shape index (κ2) is 3.22. The molecular formula is C11H13BrClN. The maximum Gasteiger partial charge on any atom is 0.0548 e. The van der Waals surface area contributed by atoms with E-state index >= 15 is 0 Å². The summed E-state index contributed by atoms with van der Waals surface area (Å²) < 4.78 is 0.951. The average Bonchev–Trinajstić information content (AvgIpc) is 2.58. The van der Waals surface area contributed by atoms with Gasteiger partial charge in [-0.05, 0) is 39.0 Å². The SMILES string of the molecule is CC1(C)C(N)C1c1ccc(Cl)c(Br)c1. The van der Waals surface area contributed by atoms with Crippen molar-refractivity contribution in [1.82, 2.24) is 0 Å². The molecule has 1 fully saturated rings. The molecule has 0 aliphatic heterocycles. The lowest BCUT2D eigenvalue weighted by atomic mass is 10.0. The second-order valence-electron chi connectivity index (χ2n) is 4.50. The van der Waals surface area contributed by atoms with Gasteiger partial charge in [-0.3, -0.25) is 0 Å². The molecule has 1 aromatic rings. The smallest absolute Gasteiger partial charge is 0.0548 e. The van der Waals surface area contributed by atoms with E-state index in [1.54, 1.807) is 0 Å². The molecule has 14 heavy (non-hydrogen) atoms. The van der Waals surface area contributed by atoms with Crippen molar-refractivity contribution in [3.63, 3.8) is 0 Å². The molecule has 0 aromatic heterocycles. The zero-order valence-corrected chi connectivity index (χ0v) is 10.6. The van der Waals surface area contributed by atoms with E-state index in [-0.39, 0.29) is 11.5 Å². The summed E-state index contributed by atoms with van der Waals surface area (Å²) in [6.07, 6.45) is 0. The molecular weight excluding hydrogens is 261 g/mol. The largest absolute Gasteiger partial charge is 0.327 e. The van der Waals surface area contributed by atoms with Gasteiger partial charge in [0, 0.05) is 16.4 Å². The molecule has 1 aromatic carbocycles. The summed E-state index contributed by atoms with van der Waals surface area (Å²) in [6.45, 7) is 4.40. The molecule has 1 aliphatic rings. The van der Waals surface area contributed by atoms with Crippen LogP contribution in [0, 0.1) is 5.41 Å². The van der Waals surface area contributed by atoms with Crippen LogP contribution in [0.1, 0.15) is 25.3 Å². The lowest BCUT2D eigenvalue weighted by Gasteiger charge is -2.04. The topological polar surface area (TPSA) is 26.0 Å². The minimum absolute atomic E-state index is 0.229. The van der Waals surface area contributed by atoms with Gasteiger partial charge in [0.05, 0.1) is 5.02 Å². The van der Waals surface area contributed by atoms with Gasteiger partial charge in [-0.1, -0.05) is 31.5 Å². The highest BCUT2D eigenvalue weighted by atomic mass is 79.9. The highest BCUT2D eigenvalue weighted by molar-refractivity contribution is 9.10. The minimum atomic E-state index is 0.229. The van der Waals surface area contributed by atoms with Crippen molar-refractivity contribution >= 4 is 27.5 Å². The Hall–Kier alpha value is -0.0500. The third-order valence-electron chi connectivity index (χ3n) is 3.21. The van der Waals surface area contributed by atoms with Crippen molar-refractivity contribution in [3.8, 4) is 0 Å². The fraction of sp³-hybridized carbons (Fsp3) is 0.455. The van der Waals surface area contributed by atoms with Crippen LogP contribution < -0.4 is 5.73 Å².